The van der Waals surface area contributed by atoms with Gasteiger partial charge in [0.05, 0.1) is 4.70 Å². The van der Waals surface area contributed by atoms with Crippen molar-refractivity contribution < 1.29 is 0 Å². The lowest BCUT2D eigenvalue weighted by molar-refractivity contribution is -0.0398. The van der Waals surface area contributed by atoms with E-state index in [1.54, 1.807) is 16.7 Å². The maximum Gasteiger partial charge on any atom is 0.0503 e. The second kappa shape index (κ2) is 7.32. The van der Waals surface area contributed by atoms with E-state index in [4.69, 9.17) is 0 Å². The summed E-state index contributed by atoms with van der Waals surface area (Å²) < 4.78 is 8.13. The Morgan fingerprint density at radius 1 is 0.658 bits per heavy atom. The monoisotopic (exact) mass is 654 g/mol. The molecule has 38 heavy (non-hydrogen) atoms. The van der Waals surface area contributed by atoms with Crippen molar-refractivity contribution in [1.29, 1.82) is 0 Å². The van der Waals surface area contributed by atoms with Crippen molar-refractivity contribution in [2.45, 2.75) is 37.5 Å². The zero-order chi connectivity index (χ0) is 24.9. The van der Waals surface area contributed by atoms with Gasteiger partial charge in [-0.05, 0) is 130 Å². The molecule has 0 N–H and O–H groups in total. The molecule has 5 aliphatic rings. The fourth-order valence-electron chi connectivity index (χ4n) is 9.76. The van der Waals surface area contributed by atoms with Gasteiger partial charge >= 0.3 is 0 Å². The second-order valence-corrected chi connectivity index (χ2v) is 16.3. The zero-order valence-electron chi connectivity index (χ0n) is 20.7. The van der Waals surface area contributed by atoms with Gasteiger partial charge in [-0.1, -0.05) is 40.2 Å². The Hall–Kier alpha value is -1.72. The van der Waals surface area contributed by atoms with Crippen LogP contribution < -0.4 is 0 Å². The van der Waals surface area contributed by atoms with Gasteiger partial charge in [-0.15, -0.1) is 22.7 Å². The lowest BCUT2D eigenvalue weighted by Gasteiger charge is -2.61. The third-order valence-corrected chi connectivity index (χ3v) is 14.5. The topological polar surface area (TPSA) is 0 Å². The summed E-state index contributed by atoms with van der Waals surface area (Å²) in [7, 11) is 0. The van der Waals surface area contributed by atoms with Crippen LogP contribution in [0.4, 0.5) is 0 Å². The average molecular weight is 657 g/mol. The van der Waals surface area contributed by atoms with Crippen LogP contribution in [0, 0.1) is 23.7 Å². The third kappa shape index (κ3) is 2.54. The van der Waals surface area contributed by atoms with E-state index in [0.717, 1.165) is 23.7 Å². The van der Waals surface area contributed by atoms with Gasteiger partial charge in [-0.2, -0.15) is 0 Å². The normalized spacial score (nSPS) is 28.9. The van der Waals surface area contributed by atoms with Gasteiger partial charge in [0.2, 0.25) is 0 Å². The molecule has 11 rings (SSSR count). The number of thiophene rings is 2. The van der Waals surface area contributed by atoms with Crippen molar-refractivity contribution in [3.63, 3.8) is 0 Å². The van der Waals surface area contributed by atoms with Crippen molar-refractivity contribution >= 4 is 94.9 Å². The summed E-state index contributed by atoms with van der Waals surface area (Å²) in [6.07, 6.45) is 7.17. The van der Waals surface area contributed by atoms with Crippen LogP contribution in [-0.4, -0.2) is 0 Å². The molecule has 0 unspecified atom stereocenters. The van der Waals surface area contributed by atoms with Gasteiger partial charge in [0.25, 0.3) is 0 Å². The van der Waals surface area contributed by atoms with Crippen LogP contribution in [-0.2, 0) is 5.41 Å². The highest BCUT2D eigenvalue weighted by Gasteiger charge is 2.62. The van der Waals surface area contributed by atoms with Crippen LogP contribution in [0.1, 0.15) is 43.2 Å². The van der Waals surface area contributed by atoms with E-state index in [1.807, 2.05) is 22.7 Å². The van der Waals surface area contributed by atoms with Crippen molar-refractivity contribution in [1.82, 2.24) is 0 Å². The lowest BCUT2D eigenvalue weighted by Crippen LogP contribution is -2.55. The van der Waals surface area contributed by atoms with Gasteiger partial charge in [-0.3, -0.25) is 0 Å². The smallest absolute Gasteiger partial charge is 0.0503 e. The summed E-state index contributed by atoms with van der Waals surface area (Å²) in [6, 6.07) is 23.8. The van der Waals surface area contributed by atoms with E-state index in [0.29, 0.717) is 0 Å². The Balaban J connectivity index is 1.40. The van der Waals surface area contributed by atoms with Crippen LogP contribution in [0.15, 0.2) is 69.6 Å². The van der Waals surface area contributed by atoms with Crippen LogP contribution in [0.25, 0.3) is 51.5 Å². The zero-order valence-corrected chi connectivity index (χ0v) is 25.5. The van der Waals surface area contributed by atoms with Crippen LogP contribution >= 0.6 is 54.5 Å². The minimum atomic E-state index is 0.169. The Morgan fingerprint density at radius 2 is 1.42 bits per heavy atom. The molecule has 0 aliphatic heterocycles. The molecular formula is C34H24Br2S2. The molecular weight excluding hydrogens is 632 g/mol. The standard InChI is InChI=1S/C34H24Br2S2/c35-20-5-6-21-23-13-24-25(15-30(23)37-29(21)12-20)34(18-8-16-7-17(10-18)11-19(34)9-16)26-14-27(36)33-32(31(24)26)22-3-1-2-4-28(22)38-33/h1-6,12-19H,7-11H2. The summed E-state index contributed by atoms with van der Waals surface area (Å²) in [5, 5.41) is 5.74. The summed E-state index contributed by atoms with van der Waals surface area (Å²) in [5.41, 5.74) is 6.57. The number of hydrogen-bond donors (Lipinski definition) is 0. The number of rotatable bonds is 0. The Labute approximate surface area is 246 Å². The summed E-state index contributed by atoms with van der Waals surface area (Å²) >= 11 is 11.8. The lowest BCUT2D eigenvalue weighted by atomic mass is 9.43. The van der Waals surface area contributed by atoms with Gasteiger partial charge in [-0.25, -0.2) is 0 Å². The summed E-state index contributed by atoms with van der Waals surface area (Å²) in [4.78, 5) is 0. The van der Waals surface area contributed by atoms with E-state index in [-0.39, 0.29) is 5.41 Å². The highest BCUT2D eigenvalue weighted by molar-refractivity contribution is 9.11. The molecule has 6 aromatic rings. The molecule has 4 saturated carbocycles. The molecule has 186 valence electrons. The predicted molar refractivity (Wildman–Crippen MR) is 171 cm³/mol. The van der Waals surface area contributed by atoms with Gasteiger partial charge in [0.1, 0.15) is 0 Å². The molecule has 4 aromatic carbocycles. The molecule has 0 radical (unpaired) electrons. The molecule has 0 saturated heterocycles. The van der Waals surface area contributed by atoms with Crippen molar-refractivity contribution in [3.05, 3.63) is 80.7 Å². The van der Waals surface area contributed by atoms with Crippen molar-refractivity contribution in [2.24, 2.45) is 23.7 Å². The number of halogens is 2. The first-order chi connectivity index (χ1) is 18.6. The minimum Gasteiger partial charge on any atom is -0.135 e. The molecule has 5 aliphatic carbocycles. The highest BCUT2D eigenvalue weighted by Crippen LogP contribution is 2.71. The molecule has 0 amide bonds. The number of hydrogen-bond acceptors (Lipinski definition) is 2. The fourth-order valence-corrected chi connectivity index (χ4v) is 13.2. The first-order valence-corrected chi connectivity index (χ1v) is 17.1. The minimum absolute atomic E-state index is 0.169. The van der Waals surface area contributed by atoms with E-state index < -0.39 is 0 Å². The molecule has 2 aromatic heterocycles. The first kappa shape index (κ1) is 22.0. The molecule has 0 atom stereocenters. The van der Waals surface area contributed by atoms with E-state index in [1.165, 1.54) is 87.0 Å². The second-order valence-electron chi connectivity index (χ2n) is 12.4. The van der Waals surface area contributed by atoms with Crippen molar-refractivity contribution in [3.8, 4) is 11.1 Å². The first-order valence-electron chi connectivity index (χ1n) is 13.9. The van der Waals surface area contributed by atoms with E-state index >= 15 is 0 Å². The molecule has 1 spiro atoms. The molecule has 4 bridgehead atoms. The third-order valence-electron chi connectivity index (χ3n) is 10.8. The van der Waals surface area contributed by atoms with Crippen molar-refractivity contribution in [2.75, 3.05) is 0 Å². The number of benzene rings is 4. The largest absolute Gasteiger partial charge is 0.135 e. The molecule has 4 fully saturated rings. The van der Waals surface area contributed by atoms with Crippen LogP contribution in [0.3, 0.4) is 0 Å². The highest BCUT2D eigenvalue weighted by atomic mass is 79.9. The molecule has 0 nitrogen and oxygen atoms in total. The van der Waals surface area contributed by atoms with E-state index in [2.05, 4.69) is 92.5 Å². The van der Waals surface area contributed by atoms with Gasteiger partial charge in [0.15, 0.2) is 0 Å². The predicted octanol–water partition coefficient (Wildman–Crippen LogP) is 11.7. The Kier molecular flexibility index (Phi) is 4.24. The average Bonchev–Trinajstić information content (AvgIpc) is 3.54. The van der Waals surface area contributed by atoms with Gasteiger partial charge < -0.3 is 0 Å². The maximum absolute atomic E-state index is 4.11. The molecule has 4 heteroatoms. The van der Waals surface area contributed by atoms with Crippen LogP contribution in [0.5, 0.6) is 0 Å². The quantitative estimate of drug-likeness (QED) is 0.153. The number of fused-ring (bicyclic) bond motifs is 10. The van der Waals surface area contributed by atoms with Crippen LogP contribution in [0.2, 0.25) is 0 Å². The van der Waals surface area contributed by atoms with E-state index in [9.17, 15) is 0 Å². The maximum atomic E-state index is 4.11. The Morgan fingerprint density at radius 3 is 2.24 bits per heavy atom. The SMILES string of the molecule is Brc1ccc2c(c1)sc1cc3c(cc12)-c1c(cc(Br)c2sc4ccccc4c12)C31C2CC3CC(C2)CC1C3. The van der Waals surface area contributed by atoms with Gasteiger partial charge in [0, 0.05) is 50.0 Å². The fraction of sp³-hybridized carbons (Fsp3) is 0.294. The Bertz CT molecular complexity index is 2000. The summed E-state index contributed by atoms with van der Waals surface area (Å²) in [6.45, 7) is 0. The summed E-state index contributed by atoms with van der Waals surface area (Å²) in [5.74, 6) is 3.45. The molecule has 2 heterocycles.